The van der Waals surface area contributed by atoms with Crippen molar-refractivity contribution in [1.82, 2.24) is 15.5 Å². The van der Waals surface area contributed by atoms with Crippen molar-refractivity contribution in [2.45, 2.75) is 57.9 Å². The molecule has 172 valence electrons. The second kappa shape index (κ2) is 10.8. The number of rotatable bonds is 7. The first-order chi connectivity index (χ1) is 15.0. The fourth-order valence-corrected chi connectivity index (χ4v) is 4.58. The number of hydrogen-bond donors (Lipinski definition) is 2. The van der Waals surface area contributed by atoms with Crippen LogP contribution in [-0.2, 0) is 14.9 Å². The largest absolute Gasteiger partial charge is 0.496 e. The van der Waals surface area contributed by atoms with E-state index >= 15 is 0 Å². The van der Waals surface area contributed by atoms with Crippen molar-refractivity contribution >= 4 is 11.9 Å². The molecule has 3 rings (SSSR count). The lowest BCUT2D eigenvalue weighted by Crippen LogP contribution is -2.46. The molecule has 2 fully saturated rings. The van der Waals surface area contributed by atoms with Gasteiger partial charge in [-0.15, -0.1) is 0 Å². The molecule has 2 saturated heterocycles. The number of aryl methyl sites for hydroxylation is 1. The number of nitrogens with one attached hydrogen (secondary N) is 2. The molecule has 0 radical (unpaired) electrons. The van der Waals surface area contributed by atoms with E-state index in [1.165, 1.54) is 11.1 Å². The summed E-state index contributed by atoms with van der Waals surface area (Å²) in [4.78, 5) is 19.0. The summed E-state index contributed by atoms with van der Waals surface area (Å²) in [6, 6.07) is 6.62. The predicted octanol–water partition coefficient (Wildman–Crippen LogP) is 2.62. The Morgan fingerprint density at radius 2 is 2.10 bits per heavy atom. The minimum Gasteiger partial charge on any atom is -0.496 e. The lowest BCUT2D eigenvalue weighted by molar-refractivity contribution is -0.129. The molecule has 0 bridgehead atoms. The maximum atomic E-state index is 12.0. The van der Waals surface area contributed by atoms with Crippen LogP contribution in [0.15, 0.2) is 23.2 Å². The molecule has 31 heavy (non-hydrogen) atoms. The van der Waals surface area contributed by atoms with Gasteiger partial charge in [0.25, 0.3) is 0 Å². The van der Waals surface area contributed by atoms with E-state index in [1.54, 1.807) is 7.11 Å². The van der Waals surface area contributed by atoms with Gasteiger partial charge in [-0.3, -0.25) is 9.79 Å². The number of guanidine groups is 1. The van der Waals surface area contributed by atoms with Gasteiger partial charge in [0.2, 0.25) is 5.91 Å². The van der Waals surface area contributed by atoms with E-state index in [0.29, 0.717) is 13.0 Å². The van der Waals surface area contributed by atoms with Gasteiger partial charge < -0.3 is 25.0 Å². The Labute approximate surface area is 186 Å². The first-order valence-corrected chi connectivity index (χ1v) is 11.6. The highest BCUT2D eigenvalue weighted by atomic mass is 16.5. The number of amides is 1. The Kier molecular flexibility index (Phi) is 8.18. The van der Waals surface area contributed by atoms with Gasteiger partial charge in [-0.05, 0) is 39.2 Å². The third-order valence-electron chi connectivity index (χ3n) is 6.44. The summed E-state index contributed by atoms with van der Waals surface area (Å²) in [5, 5.41) is 6.95. The molecule has 0 spiro atoms. The van der Waals surface area contributed by atoms with Crippen molar-refractivity contribution in [2.24, 2.45) is 4.99 Å². The maximum Gasteiger partial charge on any atom is 0.222 e. The van der Waals surface area contributed by atoms with Crippen LogP contribution in [0.1, 0.15) is 50.7 Å². The lowest BCUT2D eigenvalue weighted by Gasteiger charge is -2.37. The molecule has 1 aromatic carbocycles. The number of carbonyl (C=O) groups is 1. The Morgan fingerprint density at radius 3 is 2.77 bits per heavy atom. The molecular weight excluding hydrogens is 392 g/mol. The molecule has 2 aliphatic heterocycles. The lowest BCUT2D eigenvalue weighted by atomic mass is 9.73. The number of carbonyl (C=O) groups excluding carboxylic acids is 1. The zero-order chi connectivity index (χ0) is 22.3. The zero-order valence-electron chi connectivity index (χ0n) is 19.5. The summed E-state index contributed by atoms with van der Waals surface area (Å²) < 4.78 is 11.4. The number of methoxy groups -OCH3 is 1. The molecule has 2 aliphatic rings. The van der Waals surface area contributed by atoms with Crippen molar-refractivity contribution < 1.29 is 14.3 Å². The van der Waals surface area contributed by atoms with Crippen molar-refractivity contribution in [3.63, 3.8) is 0 Å². The van der Waals surface area contributed by atoms with Gasteiger partial charge in [-0.25, -0.2) is 0 Å². The highest BCUT2D eigenvalue weighted by Crippen LogP contribution is 2.40. The number of benzene rings is 1. The summed E-state index contributed by atoms with van der Waals surface area (Å²) >= 11 is 0. The van der Waals surface area contributed by atoms with E-state index in [0.717, 1.165) is 63.8 Å². The van der Waals surface area contributed by atoms with Gasteiger partial charge in [-0.2, -0.15) is 0 Å². The van der Waals surface area contributed by atoms with E-state index < -0.39 is 0 Å². The van der Waals surface area contributed by atoms with E-state index in [4.69, 9.17) is 14.5 Å². The molecular formula is C24H38N4O3. The van der Waals surface area contributed by atoms with Gasteiger partial charge in [0.1, 0.15) is 5.75 Å². The van der Waals surface area contributed by atoms with Gasteiger partial charge in [-0.1, -0.05) is 24.6 Å². The fraction of sp³-hybridized carbons (Fsp3) is 0.667. The quantitative estimate of drug-likeness (QED) is 0.514. The Bertz CT molecular complexity index is 774. The average molecular weight is 431 g/mol. The van der Waals surface area contributed by atoms with E-state index in [1.807, 2.05) is 11.8 Å². The van der Waals surface area contributed by atoms with Crippen LogP contribution in [0.4, 0.5) is 0 Å². The van der Waals surface area contributed by atoms with E-state index in [9.17, 15) is 4.79 Å². The molecule has 1 aromatic rings. The third kappa shape index (κ3) is 5.70. The second-order valence-corrected chi connectivity index (χ2v) is 8.61. The van der Waals surface area contributed by atoms with Crippen molar-refractivity contribution in [3.8, 4) is 5.75 Å². The van der Waals surface area contributed by atoms with Crippen LogP contribution in [-0.4, -0.2) is 69.3 Å². The molecule has 0 saturated carbocycles. The van der Waals surface area contributed by atoms with E-state index in [-0.39, 0.29) is 17.4 Å². The molecule has 0 aromatic heterocycles. The highest BCUT2D eigenvalue weighted by molar-refractivity contribution is 5.81. The van der Waals surface area contributed by atoms with Crippen LogP contribution in [0.2, 0.25) is 0 Å². The molecule has 1 amide bonds. The monoisotopic (exact) mass is 430 g/mol. The molecule has 7 heteroatoms. The second-order valence-electron chi connectivity index (χ2n) is 8.61. The van der Waals surface area contributed by atoms with Crippen LogP contribution < -0.4 is 15.4 Å². The number of ether oxygens (including phenoxy) is 2. The average Bonchev–Trinajstić information content (AvgIpc) is 3.26. The van der Waals surface area contributed by atoms with Crippen LogP contribution >= 0.6 is 0 Å². The van der Waals surface area contributed by atoms with Crippen LogP contribution in [0, 0.1) is 6.92 Å². The topological polar surface area (TPSA) is 75.2 Å². The molecule has 7 nitrogen and oxygen atoms in total. The van der Waals surface area contributed by atoms with Crippen molar-refractivity contribution in [2.75, 3.05) is 46.5 Å². The molecule has 1 atom stereocenters. The summed E-state index contributed by atoms with van der Waals surface area (Å²) in [6.07, 6.45) is 3.33. The normalized spacial score (nSPS) is 21.1. The number of likely N-dealkylation sites (tertiary alicyclic amines) is 1. The summed E-state index contributed by atoms with van der Waals surface area (Å²) in [5.74, 6) is 1.96. The van der Waals surface area contributed by atoms with Crippen molar-refractivity contribution in [1.29, 1.82) is 0 Å². The first kappa shape index (κ1) is 23.4. The standard InChI is InChI=1S/C24H38N4O3/c1-5-22(29)28-12-9-19(16-28)27-23(25-6-2)26-17-24(10-13-31-14-11-24)20-15-18(3)7-8-21(20)30-4/h7-8,15,19H,5-6,9-14,16-17H2,1-4H3,(H2,25,26,27). The summed E-state index contributed by atoms with van der Waals surface area (Å²) in [7, 11) is 1.74. The van der Waals surface area contributed by atoms with Crippen LogP contribution in [0.25, 0.3) is 0 Å². The molecule has 2 N–H and O–H groups in total. The number of hydrogen-bond acceptors (Lipinski definition) is 4. The van der Waals surface area contributed by atoms with Crippen LogP contribution in [0.5, 0.6) is 5.75 Å². The minimum atomic E-state index is -0.113. The smallest absolute Gasteiger partial charge is 0.222 e. The minimum absolute atomic E-state index is 0.113. The molecule has 0 aliphatic carbocycles. The van der Waals surface area contributed by atoms with E-state index in [2.05, 4.69) is 42.7 Å². The van der Waals surface area contributed by atoms with Gasteiger partial charge in [0.05, 0.1) is 13.7 Å². The Hall–Kier alpha value is -2.28. The zero-order valence-corrected chi connectivity index (χ0v) is 19.5. The number of aliphatic imine (C=N–C) groups is 1. The van der Waals surface area contributed by atoms with Gasteiger partial charge in [0, 0.05) is 56.3 Å². The summed E-state index contributed by atoms with van der Waals surface area (Å²) in [6.45, 7) is 10.6. The highest BCUT2D eigenvalue weighted by Gasteiger charge is 2.37. The maximum absolute atomic E-state index is 12.0. The van der Waals surface area contributed by atoms with Gasteiger partial charge in [0.15, 0.2) is 5.96 Å². The van der Waals surface area contributed by atoms with Gasteiger partial charge >= 0.3 is 0 Å². The SMILES string of the molecule is CCNC(=NCC1(c2cc(C)ccc2OC)CCOCC1)NC1CCN(C(=O)CC)C1. The summed E-state index contributed by atoms with van der Waals surface area (Å²) in [5.41, 5.74) is 2.33. The Balaban J connectivity index is 1.79. The third-order valence-corrected chi connectivity index (χ3v) is 6.44. The molecule has 2 heterocycles. The predicted molar refractivity (Wildman–Crippen MR) is 124 cm³/mol. The molecule has 1 unspecified atom stereocenters. The Morgan fingerprint density at radius 1 is 1.32 bits per heavy atom. The first-order valence-electron chi connectivity index (χ1n) is 11.6. The fourth-order valence-electron chi connectivity index (χ4n) is 4.58. The van der Waals surface area contributed by atoms with Crippen LogP contribution in [0.3, 0.4) is 0 Å². The number of nitrogens with zero attached hydrogens (tertiary/aromatic N) is 2. The van der Waals surface area contributed by atoms with Crippen molar-refractivity contribution in [3.05, 3.63) is 29.3 Å².